The molecule has 2 heterocycles. The Hall–Kier alpha value is -3.64. The number of nitrogens with zero attached hydrogens (tertiary/aromatic N) is 3. The smallest absolute Gasteiger partial charge is 0.255 e. The Kier molecular flexibility index (Phi) is 5.14. The van der Waals surface area contributed by atoms with Crippen LogP contribution in [0.5, 0.6) is 0 Å². The number of para-hydroxylation sites is 2. The van der Waals surface area contributed by atoms with Gasteiger partial charge < -0.3 is 5.32 Å². The van der Waals surface area contributed by atoms with E-state index in [0.29, 0.717) is 5.56 Å². The summed E-state index contributed by atoms with van der Waals surface area (Å²) in [7, 11) is 0. The van der Waals surface area contributed by atoms with Gasteiger partial charge in [0.1, 0.15) is 0 Å². The van der Waals surface area contributed by atoms with Crippen LogP contribution in [0.25, 0.3) is 16.6 Å². The van der Waals surface area contributed by atoms with E-state index in [-0.39, 0.29) is 5.91 Å². The van der Waals surface area contributed by atoms with Gasteiger partial charge in [0.2, 0.25) is 0 Å². The third-order valence-corrected chi connectivity index (χ3v) is 6.19. The van der Waals surface area contributed by atoms with Gasteiger partial charge in [0.25, 0.3) is 5.91 Å². The van der Waals surface area contributed by atoms with Gasteiger partial charge in [0.05, 0.1) is 5.52 Å². The summed E-state index contributed by atoms with van der Waals surface area (Å²) < 4.78 is 2.11. The normalized spacial score (nSPS) is 11.1. The molecule has 6 heteroatoms. The van der Waals surface area contributed by atoms with Crippen LogP contribution in [0, 0.1) is 6.92 Å². The second-order valence-electron chi connectivity index (χ2n) is 7.33. The lowest BCUT2D eigenvalue weighted by molar-refractivity contribution is 0.102. The lowest BCUT2D eigenvalue weighted by Gasteiger charge is -2.08. The molecule has 0 bridgehead atoms. The molecule has 1 amide bonds. The molecule has 5 nitrogen and oxygen atoms in total. The molecule has 0 aliphatic rings. The van der Waals surface area contributed by atoms with Gasteiger partial charge in [-0.15, -0.1) is 10.2 Å². The highest BCUT2D eigenvalue weighted by atomic mass is 32.2. The van der Waals surface area contributed by atoms with Crippen molar-refractivity contribution in [2.24, 2.45) is 0 Å². The minimum atomic E-state index is -0.115. The highest BCUT2D eigenvalue weighted by molar-refractivity contribution is 7.98. The number of hydrogen-bond acceptors (Lipinski definition) is 4. The standard InChI is InChI=1S/C25H20N4OS/c1-17-15-23-27-28-25(29(23)22-10-6-5-9-21(17)22)31-16-18-11-13-19(14-12-18)24(30)26-20-7-3-2-4-8-20/h2-15H,16H2,1H3,(H,26,30). The molecule has 1 N–H and O–H groups in total. The summed E-state index contributed by atoms with van der Waals surface area (Å²) in [4.78, 5) is 12.4. The Morgan fingerprint density at radius 1 is 0.935 bits per heavy atom. The van der Waals surface area contributed by atoms with Crippen molar-refractivity contribution in [3.63, 3.8) is 0 Å². The van der Waals surface area contributed by atoms with E-state index in [1.807, 2.05) is 66.7 Å². The summed E-state index contributed by atoms with van der Waals surface area (Å²) in [6.45, 7) is 2.10. The molecule has 0 unspecified atom stereocenters. The number of carbonyl (C=O) groups excluding carboxylic acids is 1. The Balaban J connectivity index is 1.33. The van der Waals surface area contributed by atoms with Gasteiger partial charge in [0.15, 0.2) is 10.8 Å². The van der Waals surface area contributed by atoms with Gasteiger partial charge in [-0.3, -0.25) is 9.20 Å². The number of thioether (sulfide) groups is 1. The van der Waals surface area contributed by atoms with Gasteiger partial charge >= 0.3 is 0 Å². The van der Waals surface area contributed by atoms with Gasteiger partial charge in [-0.05, 0) is 54.4 Å². The number of benzene rings is 3. The summed E-state index contributed by atoms with van der Waals surface area (Å²) in [5.41, 5.74) is 5.69. The first-order chi connectivity index (χ1) is 15.2. The largest absolute Gasteiger partial charge is 0.322 e. The molecule has 0 spiro atoms. The van der Waals surface area contributed by atoms with E-state index >= 15 is 0 Å². The molecule has 0 atom stereocenters. The average molecular weight is 425 g/mol. The van der Waals surface area contributed by atoms with Crippen LogP contribution in [0.2, 0.25) is 0 Å². The van der Waals surface area contributed by atoms with Crippen LogP contribution in [0.15, 0.2) is 90.1 Å². The topological polar surface area (TPSA) is 59.3 Å². The summed E-state index contributed by atoms with van der Waals surface area (Å²) in [6, 6.07) is 27.5. The first-order valence-corrected chi connectivity index (χ1v) is 11.0. The summed E-state index contributed by atoms with van der Waals surface area (Å²) in [5, 5.41) is 13.7. The first-order valence-electron chi connectivity index (χ1n) is 10.0. The fraction of sp³-hybridized carbons (Fsp3) is 0.0800. The molecule has 5 aromatic rings. The molecule has 0 aliphatic carbocycles. The Morgan fingerprint density at radius 2 is 1.68 bits per heavy atom. The van der Waals surface area contributed by atoms with E-state index < -0.39 is 0 Å². The molecule has 2 aromatic heterocycles. The monoisotopic (exact) mass is 424 g/mol. The average Bonchev–Trinajstić information content (AvgIpc) is 3.22. The quantitative estimate of drug-likeness (QED) is 0.366. The molecule has 3 aromatic carbocycles. The van der Waals surface area contributed by atoms with Crippen molar-refractivity contribution in [1.82, 2.24) is 14.6 Å². The second-order valence-corrected chi connectivity index (χ2v) is 8.27. The molecular weight excluding hydrogens is 404 g/mol. The van der Waals surface area contributed by atoms with E-state index in [1.165, 1.54) is 10.9 Å². The van der Waals surface area contributed by atoms with E-state index in [0.717, 1.165) is 33.3 Å². The molecule has 0 fully saturated rings. The summed E-state index contributed by atoms with van der Waals surface area (Å²) in [5.74, 6) is 0.625. The highest BCUT2D eigenvalue weighted by Gasteiger charge is 2.12. The number of hydrogen-bond donors (Lipinski definition) is 1. The second kappa shape index (κ2) is 8.24. The third-order valence-electron chi connectivity index (χ3n) is 5.19. The van der Waals surface area contributed by atoms with Crippen LogP contribution in [0.4, 0.5) is 5.69 Å². The minimum absolute atomic E-state index is 0.115. The van der Waals surface area contributed by atoms with Crippen molar-refractivity contribution < 1.29 is 4.79 Å². The molecular formula is C25H20N4OS. The number of amides is 1. The Bertz CT molecular complexity index is 1380. The summed E-state index contributed by atoms with van der Waals surface area (Å²) >= 11 is 1.64. The van der Waals surface area contributed by atoms with E-state index in [1.54, 1.807) is 11.8 Å². The number of fused-ring (bicyclic) bond motifs is 3. The van der Waals surface area contributed by atoms with Crippen molar-refractivity contribution in [3.05, 3.63) is 102 Å². The maximum atomic E-state index is 12.4. The molecule has 0 saturated carbocycles. The molecule has 31 heavy (non-hydrogen) atoms. The number of aromatic nitrogens is 3. The van der Waals surface area contributed by atoms with Crippen LogP contribution >= 0.6 is 11.8 Å². The lowest BCUT2D eigenvalue weighted by atomic mass is 10.1. The zero-order chi connectivity index (χ0) is 21.2. The number of anilines is 1. The Morgan fingerprint density at radius 3 is 2.48 bits per heavy atom. The number of rotatable bonds is 5. The maximum Gasteiger partial charge on any atom is 0.255 e. The van der Waals surface area contributed by atoms with Crippen molar-refractivity contribution >= 4 is 39.9 Å². The third kappa shape index (κ3) is 3.90. The Labute approximate surface area is 184 Å². The van der Waals surface area contributed by atoms with E-state index in [9.17, 15) is 4.79 Å². The SMILES string of the molecule is Cc1cc2nnc(SCc3ccc(C(=O)Nc4ccccc4)cc3)n2c2ccccc12. The van der Waals surface area contributed by atoms with Crippen molar-refractivity contribution in [1.29, 1.82) is 0 Å². The number of carbonyl (C=O) groups is 1. The minimum Gasteiger partial charge on any atom is -0.322 e. The zero-order valence-electron chi connectivity index (χ0n) is 16.9. The zero-order valence-corrected chi connectivity index (χ0v) is 17.8. The van der Waals surface area contributed by atoms with Crippen molar-refractivity contribution in [2.75, 3.05) is 5.32 Å². The van der Waals surface area contributed by atoms with Crippen LogP contribution in [0.1, 0.15) is 21.5 Å². The lowest BCUT2D eigenvalue weighted by Crippen LogP contribution is -2.11. The van der Waals surface area contributed by atoms with Gasteiger partial charge in [-0.25, -0.2) is 0 Å². The fourth-order valence-corrected chi connectivity index (χ4v) is 4.50. The number of nitrogens with one attached hydrogen (secondary N) is 1. The van der Waals surface area contributed by atoms with Crippen LogP contribution in [0.3, 0.4) is 0 Å². The molecule has 5 rings (SSSR count). The number of pyridine rings is 1. The van der Waals surface area contributed by atoms with Gasteiger partial charge in [-0.1, -0.05) is 60.3 Å². The van der Waals surface area contributed by atoms with Crippen LogP contribution < -0.4 is 5.32 Å². The van der Waals surface area contributed by atoms with Crippen molar-refractivity contribution in [3.8, 4) is 0 Å². The van der Waals surface area contributed by atoms with Gasteiger partial charge in [-0.2, -0.15) is 0 Å². The molecule has 0 aliphatic heterocycles. The predicted octanol–water partition coefficient (Wildman–Crippen LogP) is 5.74. The van der Waals surface area contributed by atoms with E-state index in [2.05, 4.69) is 45.0 Å². The summed E-state index contributed by atoms with van der Waals surface area (Å²) in [6.07, 6.45) is 0. The van der Waals surface area contributed by atoms with E-state index in [4.69, 9.17) is 0 Å². The van der Waals surface area contributed by atoms with Crippen LogP contribution in [-0.4, -0.2) is 20.5 Å². The number of aryl methyl sites for hydroxylation is 1. The van der Waals surface area contributed by atoms with Crippen LogP contribution in [-0.2, 0) is 5.75 Å². The fourth-order valence-electron chi connectivity index (χ4n) is 3.59. The molecule has 0 saturated heterocycles. The van der Waals surface area contributed by atoms with Crippen molar-refractivity contribution in [2.45, 2.75) is 17.8 Å². The first kappa shape index (κ1) is 19.3. The van der Waals surface area contributed by atoms with Gasteiger partial charge in [0, 0.05) is 22.4 Å². The molecule has 152 valence electrons. The maximum absolute atomic E-state index is 12.4. The molecule has 0 radical (unpaired) electrons. The highest BCUT2D eigenvalue weighted by Crippen LogP contribution is 2.27. The predicted molar refractivity (Wildman–Crippen MR) is 126 cm³/mol.